The SMILES string of the molecule is CC(C)NCCc1nnc(-c2cc(F)ccc2Br)o1. The second-order valence-electron chi connectivity index (χ2n) is 4.48. The van der Waals surface area contributed by atoms with E-state index in [9.17, 15) is 4.39 Å². The van der Waals surface area contributed by atoms with E-state index in [-0.39, 0.29) is 5.82 Å². The number of hydrogen-bond acceptors (Lipinski definition) is 4. The third kappa shape index (κ3) is 3.84. The molecule has 0 bridgehead atoms. The standard InChI is InChI=1S/C13H15BrFN3O/c1-8(2)16-6-5-12-17-18-13(19-12)10-7-9(15)3-4-11(10)14/h3-4,7-8,16H,5-6H2,1-2H3. The number of halogens is 2. The van der Waals surface area contributed by atoms with Crippen molar-refractivity contribution in [2.24, 2.45) is 0 Å². The van der Waals surface area contributed by atoms with Crippen molar-refractivity contribution in [2.45, 2.75) is 26.3 Å². The van der Waals surface area contributed by atoms with Gasteiger partial charge in [-0.15, -0.1) is 10.2 Å². The molecule has 6 heteroatoms. The predicted octanol–water partition coefficient (Wildman–Crippen LogP) is 3.18. The smallest absolute Gasteiger partial charge is 0.248 e. The summed E-state index contributed by atoms with van der Waals surface area (Å²) in [5, 5.41) is 11.2. The molecule has 0 saturated heterocycles. The van der Waals surface area contributed by atoms with E-state index in [1.165, 1.54) is 12.1 Å². The summed E-state index contributed by atoms with van der Waals surface area (Å²) < 4.78 is 19.5. The van der Waals surface area contributed by atoms with Crippen LogP contribution in [0.5, 0.6) is 0 Å². The molecule has 2 rings (SSSR count). The van der Waals surface area contributed by atoms with Crippen LogP contribution in [0.4, 0.5) is 4.39 Å². The molecule has 1 aromatic carbocycles. The first-order valence-corrected chi connectivity index (χ1v) is 6.86. The molecule has 0 amide bonds. The largest absolute Gasteiger partial charge is 0.421 e. The molecule has 0 aliphatic carbocycles. The van der Waals surface area contributed by atoms with Gasteiger partial charge >= 0.3 is 0 Å². The van der Waals surface area contributed by atoms with E-state index in [0.29, 0.717) is 29.8 Å². The van der Waals surface area contributed by atoms with Crippen LogP contribution in [0.15, 0.2) is 27.1 Å². The highest BCUT2D eigenvalue weighted by molar-refractivity contribution is 9.10. The molecule has 1 heterocycles. The normalized spacial score (nSPS) is 11.2. The van der Waals surface area contributed by atoms with E-state index in [1.54, 1.807) is 6.07 Å². The van der Waals surface area contributed by atoms with Crippen LogP contribution < -0.4 is 5.32 Å². The quantitative estimate of drug-likeness (QED) is 0.916. The Kier molecular flexibility index (Phi) is 4.66. The van der Waals surface area contributed by atoms with Crippen LogP contribution in [-0.4, -0.2) is 22.8 Å². The van der Waals surface area contributed by atoms with Gasteiger partial charge < -0.3 is 9.73 Å². The lowest BCUT2D eigenvalue weighted by Crippen LogP contribution is -2.25. The monoisotopic (exact) mass is 327 g/mol. The molecule has 2 aromatic rings. The number of nitrogens with zero attached hydrogens (tertiary/aromatic N) is 2. The maximum atomic E-state index is 13.2. The van der Waals surface area contributed by atoms with E-state index in [0.717, 1.165) is 11.0 Å². The molecule has 102 valence electrons. The average Bonchev–Trinajstić information content (AvgIpc) is 2.80. The molecule has 1 aromatic heterocycles. The molecule has 4 nitrogen and oxygen atoms in total. The van der Waals surface area contributed by atoms with Gasteiger partial charge in [0.15, 0.2) is 0 Å². The van der Waals surface area contributed by atoms with Gasteiger partial charge in [-0.2, -0.15) is 0 Å². The van der Waals surface area contributed by atoms with E-state index in [2.05, 4.69) is 45.3 Å². The predicted molar refractivity (Wildman–Crippen MR) is 74.2 cm³/mol. The Bertz CT molecular complexity index is 557. The number of benzene rings is 1. The fraction of sp³-hybridized carbons (Fsp3) is 0.385. The van der Waals surface area contributed by atoms with Crippen molar-refractivity contribution in [1.82, 2.24) is 15.5 Å². The van der Waals surface area contributed by atoms with Gasteiger partial charge in [-0.1, -0.05) is 13.8 Å². The first-order valence-electron chi connectivity index (χ1n) is 6.07. The molecule has 0 radical (unpaired) electrons. The maximum absolute atomic E-state index is 13.2. The first kappa shape index (κ1) is 14.1. The molecule has 0 spiro atoms. The third-order valence-corrected chi connectivity index (χ3v) is 3.21. The summed E-state index contributed by atoms with van der Waals surface area (Å²) >= 11 is 3.34. The second-order valence-corrected chi connectivity index (χ2v) is 5.34. The summed E-state index contributed by atoms with van der Waals surface area (Å²) in [4.78, 5) is 0. The molecule has 19 heavy (non-hydrogen) atoms. The minimum atomic E-state index is -0.334. The van der Waals surface area contributed by atoms with Crippen LogP contribution >= 0.6 is 15.9 Å². The molecule has 0 saturated carbocycles. The summed E-state index contributed by atoms with van der Waals surface area (Å²) in [7, 11) is 0. The van der Waals surface area contributed by atoms with Gasteiger partial charge in [0.2, 0.25) is 11.8 Å². The van der Waals surface area contributed by atoms with Crippen molar-refractivity contribution in [3.05, 3.63) is 34.4 Å². The molecule has 0 unspecified atom stereocenters. The van der Waals surface area contributed by atoms with Crippen LogP contribution in [-0.2, 0) is 6.42 Å². The van der Waals surface area contributed by atoms with Crippen LogP contribution in [0.3, 0.4) is 0 Å². The topological polar surface area (TPSA) is 51.0 Å². The number of hydrogen-bond donors (Lipinski definition) is 1. The van der Waals surface area contributed by atoms with Crippen molar-refractivity contribution >= 4 is 15.9 Å². The third-order valence-electron chi connectivity index (χ3n) is 2.52. The van der Waals surface area contributed by atoms with Gasteiger partial charge in [-0.25, -0.2) is 4.39 Å². The van der Waals surface area contributed by atoms with Crippen molar-refractivity contribution in [2.75, 3.05) is 6.54 Å². The minimum absolute atomic E-state index is 0.325. The van der Waals surface area contributed by atoms with Crippen LogP contribution in [0.2, 0.25) is 0 Å². The second kappa shape index (κ2) is 6.25. The molecule has 0 atom stereocenters. The van der Waals surface area contributed by atoms with Gasteiger partial charge in [0, 0.05) is 23.5 Å². The molecule has 1 N–H and O–H groups in total. The van der Waals surface area contributed by atoms with Crippen molar-refractivity contribution in [1.29, 1.82) is 0 Å². The lowest BCUT2D eigenvalue weighted by Gasteiger charge is -2.04. The Labute approximate surface area is 119 Å². The lowest BCUT2D eigenvalue weighted by molar-refractivity contribution is 0.484. The van der Waals surface area contributed by atoms with E-state index in [4.69, 9.17) is 4.42 Å². The van der Waals surface area contributed by atoms with Crippen molar-refractivity contribution in [3.63, 3.8) is 0 Å². The number of aromatic nitrogens is 2. The summed E-state index contributed by atoms with van der Waals surface area (Å²) in [6.45, 7) is 4.91. The first-order chi connectivity index (χ1) is 9.06. The zero-order valence-corrected chi connectivity index (χ0v) is 12.4. The Morgan fingerprint density at radius 1 is 1.37 bits per heavy atom. The van der Waals surface area contributed by atoms with Gasteiger partial charge in [-0.05, 0) is 34.1 Å². The molecule has 0 aliphatic heterocycles. The lowest BCUT2D eigenvalue weighted by atomic mass is 10.2. The van der Waals surface area contributed by atoms with E-state index < -0.39 is 0 Å². The fourth-order valence-corrected chi connectivity index (χ4v) is 2.01. The van der Waals surface area contributed by atoms with E-state index >= 15 is 0 Å². The molecule has 0 fully saturated rings. The van der Waals surface area contributed by atoms with Gasteiger partial charge in [-0.3, -0.25) is 0 Å². The van der Waals surface area contributed by atoms with Crippen LogP contribution in [0.25, 0.3) is 11.5 Å². The average molecular weight is 328 g/mol. The minimum Gasteiger partial charge on any atom is -0.421 e. The summed E-state index contributed by atoms with van der Waals surface area (Å²) in [5.74, 6) is 0.532. The van der Waals surface area contributed by atoms with E-state index in [1.807, 2.05) is 0 Å². The Hall–Kier alpha value is -1.27. The van der Waals surface area contributed by atoms with Crippen LogP contribution in [0.1, 0.15) is 19.7 Å². The Morgan fingerprint density at radius 2 is 2.16 bits per heavy atom. The molecule has 0 aliphatic rings. The fourth-order valence-electron chi connectivity index (χ4n) is 1.59. The zero-order chi connectivity index (χ0) is 13.8. The summed E-state index contributed by atoms with van der Waals surface area (Å²) in [5.41, 5.74) is 0.565. The number of rotatable bonds is 5. The highest BCUT2D eigenvalue weighted by atomic mass is 79.9. The molecular formula is C13H15BrFN3O. The number of nitrogens with one attached hydrogen (secondary N) is 1. The summed E-state index contributed by atoms with van der Waals surface area (Å²) in [6.07, 6.45) is 0.651. The Morgan fingerprint density at radius 3 is 2.89 bits per heavy atom. The van der Waals surface area contributed by atoms with Gasteiger partial charge in [0.25, 0.3) is 0 Å². The zero-order valence-electron chi connectivity index (χ0n) is 10.8. The van der Waals surface area contributed by atoms with Gasteiger partial charge in [0.05, 0.1) is 5.56 Å². The Balaban J connectivity index is 2.10. The van der Waals surface area contributed by atoms with Crippen molar-refractivity contribution in [3.8, 4) is 11.5 Å². The maximum Gasteiger partial charge on any atom is 0.248 e. The summed E-state index contributed by atoms with van der Waals surface area (Å²) in [6, 6.07) is 4.78. The molecular weight excluding hydrogens is 313 g/mol. The highest BCUT2D eigenvalue weighted by Gasteiger charge is 2.12. The highest BCUT2D eigenvalue weighted by Crippen LogP contribution is 2.27. The van der Waals surface area contributed by atoms with Crippen LogP contribution in [0, 0.1) is 5.82 Å². The van der Waals surface area contributed by atoms with Crippen molar-refractivity contribution < 1.29 is 8.81 Å². The van der Waals surface area contributed by atoms with Gasteiger partial charge in [0.1, 0.15) is 5.82 Å².